The largest absolute Gasteiger partial charge is 0.472 e. The van der Waals surface area contributed by atoms with Crippen LogP contribution in [-0.2, 0) is 23.9 Å². The van der Waals surface area contributed by atoms with Gasteiger partial charge in [-0.15, -0.1) is 0 Å². The van der Waals surface area contributed by atoms with Gasteiger partial charge in [-0.3, -0.25) is 9.59 Å². The molecule has 33 heavy (non-hydrogen) atoms. The van der Waals surface area contributed by atoms with Gasteiger partial charge in [-0.05, 0) is 53.4 Å². The maximum Gasteiger partial charge on any atom is 0.331 e. The summed E-state index contributed by atoms with van der Waals surface area (Å²) in [6.07, 6.45) is 9.56. The van der Waals surface area contributed by atoms with Crippen LogP contribution in [0.3, 0.4) is 0 Å². The molecule has 176 valence electrons. The lowest BCUT2D eigenvalue weighted by molar-refractivity contribution is -0.153. The van der Waals surface area contributed by atoms with Crippen molar-refractivity contribution in [3.8, 4) is 0 Å². The number of ether oxygens (including phenoxy) is 2. The molecule has 6 nitrogen and oxygen atoms in total. The number of carbonyl (C=O) groups is 3. The highest BCUT2D eigenvalue weighted by Gasteiger charge is 2.57. The molecule has 3 unspecified atom stereocenters. The molecule has 2 heterocycles. The molecule has 0 bridgehead atoms. The maximum absolute atomic E-state index is 12.8. The lowest BCUT2D eigenvalue weighted by Crippen LogP contribution is -2.51. The third-order valence-electron chi connectivity index (χ3n) is 8.46. The Morgan fingerprint density at radius 1 is 1.24 bits per heavy atom. The zero-order valence-electron chi connectivity index (χ0n) is 20.0. The quantitative estimate of drug-likeness (QED) is 0.589. The minimum atomic E-state index is -0.738. The number of cyclic esters (lactones) is 1. The van der Waals surface area contributed by atoms with Crippen molar-refractivity contribution in [1.29, 1.82) is 0 Å². The highest BCUT2D eigenvalue weighted by Crippen LogP contribution is 2.62. The first-order chi connectivity index (χ1) is 15.4. The molecule has 5 atom stereocenters. The highest BCUT2D eigenvalue weighted by molar-refractivity contribution is 5.96. The van der Waals surface area contributed by atoms with Crippen LogP contribution in [0.1, 0.15) is 58.6 Å². The van der Waals surface area contributed by atoms with Gasteiger partial charge in [0.1, 0.15) is 6.10 Å². The zero-order chi connectivity index (χ0) is 24.2. The van der Waals surface area contributed by atoms with Crippen LogP contribution in [0, 0.1) is 28.1 Å². The van der Waals surface area contributed by atoms with Gasteiger partial charge in [0.2, 0.25) is 0 Å². The van der Waals surface area contributed by atoms with Crippen molar-refractivity contribution in [2.24, 2.45) is 28.1 Å². The fourth-order valence-corrected chi connectivity index (χ4v) is 6.40. The second-order valence-electron chi connectivity index (χ2n) is 10.6. The van der Waals surface area contributed by atoms with Gasteiger partial charge in [0, 0.05) is 22.5 Å². The number of esters is 2. The van der Waals surface area contributed by atoms with E-state index in [1.165, 1.54) is 7.11 Å². The van der Waals surface area contributed by atoms with E-state index in [9.17, 15) is 14.4 Å². The van der Waals surface area contributed by atoms with E-state index in [0.717, 1.165) is 29.6 Å². The smallest absolute Gasteiger partial charge is 0.331 e. The number of allylic oxidation sites excluding steroid dienone is 3. The summed E-state index contributed by atoms with van der Waals surface area (Å²) >= 11 is 0. The number of methoxy groups -OCH3 is 1. The van der Waals surface area contributed by atoms with E-state index >= 15 is 0 Å². The summed E-state index contributed by atoms with van der Waals surface area (Å²) in [4.78, 5) is 37.7. The van der Waals surface area contributed by atoms with Crippen LogP contribution in [0.4, 0.5) is 0 Å². The molecule has 1 fully saturated rings. The Labute approximate surface area is 194 Å². The van der Waals surface area contributed by atoms with E-state index < -0.39 is 28.3 Å². The molecule has 0 saturated heterocycles. The summed E-state index contributed by atoms with van der Waals surface area (Å²) in [7, 11) is 1.37. The highest BCUT2D eigenvalue weighted by atomic mass is 16.5. The van der Waals surface area contributed by atoms with Crippen molar-refractivity contribution in [1.82, 2.24) is 0 Å². The van der Waals surface area contributed by atoms with E-state index in [-0.39, 0.29) is 30.0 Å². The molecule has 1 aromatic heterocycles. The average Bonchev–Trinajstić information content (AvgIpc) is 3.29. The molecule has 6 heteroatoms. The molecular weight excluding hydrogens is 420 g/mol. The van der Waals surface area contributed by atoms with Gasteiger partial charge in [0.25, 0.3) is 0 Å². The molecule has 3 aliphatic rings. The number of hydrogen-bond donors (Lipinski definition) is 0. The van der Waals surface area contributed by atoms with Crippen LogP contribution >= 0.6 is 0 Å². The number of fused-ring (bicyclic) bond motifs is 1. The Morgan fingerprint density at radius 2 is 1.97 bits per heavy atom. The van der Waals surface area contributed by atoms with Gasteiger partial charge in [-0.1, -0.05) is 40.3 Å². The van der Waals surface area contributed by atoms with Crippen LogP contribution < -0.4 is 0 Å². The molecule has 0 amide bonds. The predicted molar refractivity (Wildman–Crippen MR) is 122 cm³/mol. The fraction of sp³-hybridized carbons (Fsp3) is 0.519. The monoisotopic (exact) mass is 452 g/mol. The van der Waals surface area contributed by atoms with Crippen molar-refractivity contribution in [2.45, 2.75) is 53.1 Å². The first-order valence-corrected chi connectivity index (χ1v) is 11.4. The SMILES string of the molecule is C=C1C2=CC(=O)OC(c3ccoc3)[C@]2(C)CCC1[C@]1(C)C=CC(=O)C(C)(C)C1CC(=O)OC. The third kappa shape index (κ3) is 3.51. The molecule has 1 aliphatic heterocycles. The molecule has 1 saturated carbocycles. The normalized spacial score (nSPS) is 35.5. The number of carbonyl (C=O) groups excluding carboxylic acids is 3. The Kier molecular flexibility index (Phi) is 5.54. The first kappa shape index (κ1) is 23.3. The predicted octanol–water partition coefficient (Wildman–Crippen LogP) is 5.13. The molecule has 4 rings (SSSR count). The number of rotatable bonds is 4. The number of ketones is 1. The fourth-order valence-electron chi connectivity index (χ4n) is 6.40. The Morgan fingerprint density at radius 3 is 2.61 bits per heavy atom. The van der Waals surface area contributed by atoms with E-state index in [1.807, 2.05) is 26.0 Å². The van der Waals surface area contributed by atoms with Gasteiger partial charge in [-0.25, -0.2) is 4.79 Å². The lowest BCUT2D eigenvalue weighted by atomic mass is 9.48. The van der Waals surface area contributed by atoms with Crippen LogP contribution in [-0.4, -0.2) is 24.8 Å². The Balaban J connectivity index is 1.76. The summed E-state index contributed by atoms with van der Waals surface area (Å²) in [5.41, 5.74) is 0.864. The molecule has 2 aliphatic carbocycles. The minimum absolute atomic E-state index is 0.000574. The number of furan rings is 1. The van der Waals surface area contributed by atoms with E-state index in [4.69, 9.17) is 13.9 Å². The third-order valence-corrected chi connectivity index (χ3v) is 8.46. The summed E-state index contributed by atoms with van der Waals surface area (Å²) in [5, 5.41) is 0. The van der Waals surface area contributed by atoms with E-state index in [0.29, 0.717) is 0 Å². The van der Waals surface area contributed by atoms with Crippen molar-refractivity contribution < 1.29 is 28.3 Å². The van der Waals surface area contributed by atoms with Crippen LogP contribution in [0.5, 0.6) is 0 Å². The summed E-state index contributed by atoms with van der Waals surface area (Å²) < 4.78 is 16.0. The Hall–Kier alpha value is -2.89. The van der Waals surface area contributed by atoms with Crippen LogP contribution in [0.2, 0.25) is 0 Å². The standard InChI is InChI=1S/C27H32O6/c1-16-18(26(4)11-8-21(28)25(2,3)20(26)14-22(29)31-6)7-10-27(5)19(16)13-23(30)33-24(27)17-9-12-32-15-17/h8-9,11-13,15,18,20,24H,1,7,10,14H2,2-6H3/t18?,20?,24?,26-,27+/m0/s1. The maximum atomic E-state index is 12.8. The van der Waals surface area contributed by atoms with Crippen molar-refractivity contribution >= 4 is 17.7 Å². The van der Waals surface area contributed by atoms with Crippen molar-refractivity contribution in [3.05, 3.63) is 60.1 Å². The van der Waals surface area contributed by atoms with Gasteiger partial charge in [0.05, 0.1) is 26.1 Å². The summed E-state index contributed by atoms with van der Waals surface area (Å²) in [6.45, 7) is 12.4. The van der Waals surface area contributed by atoms with Gasteiger partial charge in [0.15, 0.2) is 5.78 Å². The second-order valence-corrected chi connectivity index (χ2v) is 10.6. The van der Waals surface area contributed by atoms with E-state index in [2.05, 4.69) is 20.4 Å². The van der Waals surface area contributed by atoms with Crippen LogP contribution in [0.25, 0.3) is 0 Å². The molecule has 0 aromatic carbocycles. The summed E-state index contributed by atoms with van der Waals surface area (Å²) in [5.74, 6) is -1.07. The Bertz CT molecular complexity index is 1060. The van der Waals surface area contributed by atoms with Crippen molar-refractivity contribution in [2.75, 3.05) is 7.11 Å². The van der Waals surface area contributed by atoms with Crippen molar-refractivity contribution in [3.63, 3.8) is 0 Å². The molecule has 0 N–H and O–H groups in total. The van der Waals surface area contributed by atoms with Gasteiger partial charge < -0.3 is 13.9 Å². The molecule has 0 radical (unpaired) electrons. The van der Waals surface area contributed by atoms with Crippen LogP contribution in [0.15, 0.2) is 59.0 Å². The minimum Gasteiger partial charge on any atom is -0.472 e. The topological polar surface area (TPSA) is 82.8 Å². The molecule has 1 aromatic rings. The molecule has 0 spiro atoms. The average molecular weight is 453 g/mol. The number of hydrogen-bond acceptors (Lipinski definition) is 6. The van der Waals surface area contributed by atoms with Gasteiger partial charge in [-0.2, -0.15) is 0 Å². The lowest BCUT2D eigenvalue weighted by Gasteiger charge is -2.55. The van der Waals surface area contributed by atoms with Gasteiger partial charge >= 0.3 is 11.9 Å². The zero-order valence-corrected chi connectivity index (χ0v) is 20.0. The van der Waals surface area contributed by atoms with E-state index in [1.54, 1.807) is 24.7 Å². The first-order valence-electron chi connectivity index (χ1n) is 11.4. The second kappa shape index (κ2) is 7.86. The summed E-state index contributed by atoms with van der Waals surface area (Å²) in [6, 6.07) is 1.83. The molecular formula is C27H32O6.